The molecule has 1 unspecified atom stereocenters. The molecular formula is C11H14NO8P. The molecule has 3 N–H and O–H groups in total. The molecule has 9 nitrogen and oxygen atoms in total. The largest absolute Gasteiger partial charge is 0.470 e. The van der Waals surface area contributed by atoms with Gasteiger partial charge in [0.25, 0.3) is 5.56 Å². The lowest BCUT2D eigenvalue weighted by Crippen LogP contribution is -2.45. The van der Waals surface area contributed by atoms with Crippen molar-refractivity contribution in [2.45, 2.75) is 24.0 Å². The number of rotatable bonds is 4. The molecule has 1 aromatic heterocycles. The predicted octanol–water partition coefficient (Wildman–Crippen LogP) is -1.02. The van der Waals surface area contributed by atoms with Gasteiger partial charge in [-0.15, -0.1) is 0 Å². The van der Waals surface area contributed by atoms with Crippen LogP contribution in [0.5, 0.6) is 0 Å². The number of fused-ring (bicyclic) bond motifs is 2. The molecule has 116 valence electrons. The minimum Gasteiger partial charge on any atom is -0.393 e. The number of aliphatic hydroxyl groups excluding tert-OH is 1. The van der Waals surface area contributed by atoms with Crippen molar-refractivity contribution in [2.75, 3.05) is 13.2 Å². The Balaban J connectivity index is 1.97. The normalized spacial score (nSPS) is 35.3. The summed E-state index contributed by atoms with van der Waals surface area (Å²) in [4.78, 5) is 29.8. The summed E-state index contributed by atoms with van der Waals surface area (Å²) in [5.41, 5.74) is -1.76. The Hall–Kier alpha value is -1.06. The van der Waals surface area contributed by atoms with E-state index in [4.69, 9.17) is 23.8 Å². The zero-order valence-corrected chi connectivity index (χ0v) is 11.6. The number of phosphoric acid groups is 1. The second-order valence-electron chi connectivity index (χ2n) is 4.97. The summed E-state index contributed by atoms with van der Waals surface area (Å²) in [5.74, 6) is 0. The van der Waals surface area contributed by atoms with Gasteiger partial charge in [-0.2, -0.15) is 0 Å². The summed E-state index contributed by atoms with van der Waals surface area (Å²) in [6.45, 7) is -0.622. The molecule has 0 spiro atoms. The molecule has 2 fully saturated rings. The average molecular weight is 319 g/mol. The van der Waals surface area contributed by atoms with Gasteiger partial charge in [-0.1, -0.05) is 6.07 Å². The van der Waals surface area contributed by atoms with Gasteiger partial charge in [0, 0.05) is 12.3 Å². The lowest BCUT2D eigenvalue weighted by molar-refractivity contribution is -0.187. The van der Waals surface area contributed by atoms with E-state index in [0.717, 1.165) is 0 Å². The molecule has 0 aliphatic carbocycles. The number of aromatic nitrogens is 1. The third kappa shape index (κ3) is 2.47. The van der Waals surface area contributed by atoms with Crippen molar-refractivity contribution < 1.29 is 33.5 Å². The van der Waals surface area contributed by atoms with E-state index in [1.807, 2.05) is 0 Å². The molecule has 2 aliphatic rings. The Bertz CT molecular complexity index is 641. The van der Waals surface area contributed by atoms with E-state index >= 15 is 0 Å². The summed E-state index contributed by atoms with van der Waals surface area (Å²) in [6, 6.07) is 4.49. The molecule has 3 rings (SSSR count). The number of aliphatic hydroxyl groups is 1. The molecule has 21 heavy (non-hydrogen) atoms. The fourth-order valence-electron chi connectivity index (χ4n) is 2.69. The number of hydrogen-bond acceptors (Lipinski definition) is 6. The highest BCUT2D eigenvalue weighted by Gasteiger charge is 2.64. The molecule has 2 bridgehead atoms. The molecule has 4 atom stereocenters. The second-order valence-corrected chi connectivity index (χ2v) is 6.16. The highest BCUT2D eigenvalue weighted by Crippen LogP contribution is 2.51. The first-order chi connectivity index (χ1) is 9.86. The zero-order valence-electron chi connectivity index (χ0n) is 10.7. The first-order valence-electron chi connectivity index (χ1n) is 6.18. The van der Waals surface area contributed by atoms with E-state index in [2.05, 4.69) is 0 Å². The number of phosphoric ester groups is 1. The van der Waals surface area contributed by atoms with Crippen molar-refractivity contribution >= 4 is 7.82 Å². The van der Waals surface area contributed by atoms with Gasteiger partial charge in [0.15, 0.2) is 6.23 Å². The third-order valence-corrected chi connectivity index (χ3v) is 4.12. The molecule has 2 aliphatic heterocycles. The predicted molar refractivity (Wildman–Crippen MR) is 67.3 cm³/mol. The number of pyridine rings is 1. The highest BCUT2D eigenvalue weighted by molar-refractivity contribution is 7.46. The Morgan fingerprint density at radius 2 is 2.24 bits per heavy atom. The van der Waals surface area contributed by atoms with Gasteiger partial charge in [0.1, 0.15) is 17.8 Å². The number of nitrogens with zero attached hydrogens (tertiary/aromatic N) is 1. The van der Waals surface area contributed by atoms with Gasteiger partial charge in [-0.25, -0.2) is 4.57 Å². The maximum absolute atomic E-state index is 11.8. The summed E-state index contributed by atoms with van der Waals surface area (Å²) in [6.07, 6.45) is -1.52. The molecule has 0 saturated carbocycles. The van der Waals surface area contributed by atoms with Crippen molar-refractivity contribution in [1.82, 2.24) is 4.57 Å². The fraction of sp³-hybridized carbons (Fsp3) is 0.545. The summed E-state index contributed by atoms with van der Waals surface area (Å²) in [5, 5.41) is 9.52. The molecule has 0 aromatic carbocycles. The van der Waals surface area contributed by atoms with E-state index in [1.165, 1.54) is 16.8 Å². The second kappa shape index (κ2) is 4.99. The van der Waals surface area contributed by atoms with Crippen LogP contribution >= 0.6 is 7.82 Å². The number of hydrogen-bond donors (Lipinski definition) is 3. The molecular weight excluding hydrogens is 305 g/mol. The van der Waals surface area contributed by atoms with Crippen molar-refractivity contribution in [3.63, 3.8) is 0 Å². The first-order valence-corrected chi connectivity index (χ1v) is 7.71. The van der Waals surface area contributed by atoms with E-state index in [1.54, 1.807) is 12.1 Å². The smallest absolute Gasteiger partial charge is 0.393 e. The quantitative estimate of drug-likeness (QED) is 0.602. The Kier molecular flexibility index (Phi) is 3.53. The van der Waals surface area contributed by atoms with Gasteiger partial charge >= 0.3 is 7.82 Å². The van der Waals surface area contributed by atoms with Gasteiger partial charge < -0.3 is 24.4 Å². The van der Waals surface area contributed by atoms with Gasteiger partial charge in [0.2, 0.25) is 0 Å². The van der Waals surface area contributed by atoms with Crippen LogP contribution < -0.4 is 5.56 Å². The Labute approximate surface area is 118 Å². The molecule has 2 saturated heterocycles. The van der Waals surface area contributed by atoms with Crippen LogP contribution in [0.15, 0.2) is 29.2 Å². The zero-order chi connectivity index (χ0) is 15.3. The third-order valence-electron chi connectivity index (χ3n) is 3.62. The van der Waals surface area contributed by atoms with E-state index in [0.29, 0.717) is 0 Å². The van der Waals surface area contributed by atoms with Gasteiger partial charge in [-0.3, -0.25) is 13.9 Å². The average Bonchev–Trinajstić information content (AvgIpc) is 2.90. The molecule has 0 radical (unpaired) electrons. The molecule has 3 heterocycles. The van der Waals surface area contributed by atoms with Gasteiger partial charge in [0.05, 0.1) is 13.2 Å². The van der Waals surface area contributed by atoms with Crippen LogP contribution in [0.4, 0.5) is 0 Å². The first kappa shape index (κ1) is 14.9. The van der Waals surface area contributed by atoms with Crippen LogP contribution in [0, 0.1) is 0 Å². The maximum atomic E-state index is 11.8. The van der Waals surface area contributed by atoms with Crippen LogP contribution in [0.25, 0.3) is 0 Å². The summed E-state index contributed by atoms with van der Waals surface area (Å²) >= 11 is 0. The lowest BCUT2D eigenvalue weighted by atomic mass is 10.0. The fourth-order valence-corrected chi connectivity index (χ4v) is 3.30. The maximum Gasteiger partial charge on any atom is 0.470 e. The Morgan fingerprint density at radius 3 is 2.86 bits per heavy atom. The van der Waals surface area contributed by atoms with Crippen molar-refractivity contribution in [3.8, 4) is 0 Å². The number of ether oxygens (including phenoxy) is 2. The monoisotopic (exact) mass is 319 g/mol. The van der Waals surface area contributed by atoms with E-state index in [-0.39, 0.29) is 12.2 Å². The molecule has 1 aromatic rings. The minimum atomic E-state index is -4.79. The van der Waals surface area contributed by atoms with E-state index < -0.39 is 38.5 Å². The molecule has 0 amide bonds. The minimum absolute atomic E-state index is 0.0725. The highest BCUT2D eigenvalue weighted by atomic mass is 31.2. The van der Waals surface area contributed by atoms with Crippen molar-refractivity contribution in [1.29, 1.82) is 0 Å². The topological polar surface area (TPSA) is 127 Å². The van der Waals surface area contributed by atoms with Crippen molar-refractivity contribution in [2.24, 2.45) is 0 Å². The van der Waals surface area contributed by atoms with Crippen LogP contribution in [0.1, 0.15) is 6.23 Å². The summed E-state index contributed by atoms with van der Waals surface area (Å²) < 4.78 is 28.1. The van der Waals surface area contributed by atoms with Crippen LogP contribution in [0.2, 0.25) is 0 Å². The summed E-state index contributed by atoms with van der Waals surface area (Å²) in [7, 11) is -4.79. The van der Waals surface area contributed by atoms with Crippen molar-refractivity contribution in [3.05, 3.63) is 34.7 Å². The Morgan fingerprint density at radius 1 is 1.48 bits per heavy atom. The van der Waals surface area contributed by atoms with Gasteiger partial charge in [-0.05, 0) is 6.07 Å². The lowest BCUT2D eigenvalue weighted by Gasteiger charge is -2.30. The van der Waals surface area contributed by atoms with Crippen LogP contribution in [-0.4, -0.2) is 50.5 Å². The SMILES string of the molecule is O=c1ccccn1C1O[C@@]2(CO)CO[C@H]1[C@@H]2OP(=O)(O)O. The van der Waals surface area contributed by atoms with Crippen LogP contribution in [-0.2, 0) is 18.6 Å². The van der Waals surface area contributed by atoms with Crippen LogP contribution in [0.3, 0.4) is 0 Å². The molecule has 10 heteroatoms. The van der Waals surface area contributed by atoms with E-state index in [9.17, 15) is 14.5 Å². The standard InChI is InChI=1S/C11H14NO8P/c13-5-11-6-18-8(9(11)20-21(15,16)17)10(19-11)12-4-2-1-3-7(12)14/h1-4,8-10,13H,5-6H2,(H2,15,16,17)/t8-,9-,10?,11-/m0/s1.